The number of benzene rings is 2. The lowest BCUT2D eigenvalue weighted by atomic mass is 10.0. The van der Waals surface area contributed by atoms with Crippen molar-refractivity contribution in [3.05, 3.63) is 65.9 Å². The van der Waals surface area contributed by atoms with Crippen molar-refractivity contribution in [2.75, 3.05) is 6.79 Å². The Hall–Kier alpha value is -3.59. The van der Waals surface area contributed by atoms with Crippen molar-refractivity contribution in [3.8, 4) is 34.5 Å². The van der Waals surface area contributed by atoms with Crippen LogP contribution in [0.3, 0.4) is 0 Å². The number of rotatable bonds is 7. The molecule has 170 valence electrons. The van der Waals surface area contributed by atoms with Crippen molar-refractivity contribution in [2.24, 2.45) is 5.92 Å². The van der Waals surface area contributed by atoms with Crippen LogP contribution in [-0.4, -0.2) is 25.4 Å². The molecule has 0 saturated carbocycles. The molecule has 0 unspecified atom stereocenters. The molecule has 1 aliphatic rings. The fourth-order valence-corrected chi connectivity index (χ4v) is 4.87. The highest BCUT2D eigenvalue weighted by molar-refractivity contribution is 7.90. The SMILES string of the molecule is CC(C)Cc1ccc(S(=O)(=O)Cc2ccc(-c3nc(-c4ccc5c(c4)OCO5)no3)o2)cc1. The van der Waals surface area contributed by atoms with E-state index in [2.05, 4.69) is 24.0 Å². The Kier molecular flexibility index (Phi) is 5.41. The molecule has 3 heterocycles. The first-order valence-corrected chi connectivity index (χ1v) is 12.2. The molecule has 9 heteroatoms. The van der Waals surface area contributed by atoms with Gasteiger partial charge in [0.05, 0.1) is 4.90 Å². The van der Waals surface area contributed by atoms with Crippen LogP contribution >= 0.6 is 0 Å². The van der Waals surface area contributed by atoms with Crippen molar-refractivity contribution in [1.82, 2.24) is 10.1 Å². The Morgan fingerprint density at radius 1 is 0.970 bits per heavy atom. The first-order chi connectivity index (χ1) is 15.9. The van der Waals surface area contributed by atoms with Gasteiger partial charge >= 0.3 is 0 Å². The van der Waals surface area contributed by atoms with Gasteiger partial charge in [0.2, 0.25) is 12.6 Å². The Bertz CT molecular complexity index is 1390. The second-order valence-corrected chi connectivity index (χ2v) is 10.2. The van der Waals surface area contributed by atoms with Crippen LogP contribution in [0, 0.1) is 5.92 Å². The Morgan fingerprint density at radius 3 is 2.55 bits per heavy atom. The van der Waals surface area contributed by atoms with Gasteiger partial charge in [-0.2, -0.15) is 4.98 Å². The van der Waals surface area contributed by atoms with Crippen LogP contribution in [0.1, 0.15) is 25.2 Å². The zero-order valence-corrected chi connectivity index (χ0v) is 19.0. The molecule has 5 rings (SSSR count). The summed E-state index contributed by atoms with van der Waals surface area (Å²) in [6, 6.07) is 15.6. The van der Waals surface area contributed by atoms with Crippen molar-refractivity contribution < 1.29 is 26.8 Å². The molecular formula is C24H22N2O6S. The molecule has 0 bridgehead atoms. The second-order valence-electron chi connectivity index (χ2n) is 8.26. The fraction of sp³-hybridized carbons (Fsp3) is 0.250. The van der Waals surface area contributed by atoms with Crippen LogP contribution in [-0.2, 0) is 22.0 Å². The average molecular weight is 467 g/mol. The number of ether oxygens (including phenoxy) is 2. The molecule has 0 N–H and O–H groups in total. The molecule has 2 aromatic heterocycles. The average Bonchev–Trinajstić information content (AvgIpc) is 3.53. The second kappa shape index (κ2) is 8.40. The van der Waals surface area contributed by atoms with Gasteiger partial charge in [0.25, 0.3) is 5.89 Å². The van der Waals surface area contributed by atoms with Gasteiger partial charge in [0, 0.05) is 5.56 Å². The number of aromatic nitrogens is 2. The van der Waals surface area contributed by atoms with E-state index in [-0.39, 0.29) is 23.3 Å². The van der Waals surface area contributed by atoms with Crippen molar-refractivity contribution >= 4 is 9.84 Å². The molecule has 2 aromatic carbocycles. The lowest BCUT2D eigenvalue weighted by molar-refractivity contribution is 0.174. The molecule has 1 aliphatic heterocycles. The number of sulfone groups is 1. The van der Waals surface area contributed by atoms with Crippen LogP contribution in [0.5, 0.6) is 11.5 Å². The van der Waals surface area contributed by atoms with E-state index >= 15 is 0 Å². The van der Waals surface area contributed by atoms with E-state index in [4.69, 9.17) is 18.4 Å². The summed E-state index contributed by atoms with van der Waals surface area (Å²) in [5.41, 5.74) is 1.81. The third-order valence-corrected chi connectivity index (χ3v) is 6.84. The number of hydrogen-bond donors (Lipinski definition) is 0. The molecule has 4 aromatic rings. The highest BCUT2D eigenvalue weighted by Gasteiger charge is 2.21. The third-order valence-electron chi connectivity index (χ3n) is 5.19. The standard InChI is InChI=1S/C24H22N2O6S/c1-15(2)11-16-3-7-19(8-4-16)33(27,28)13-18-6-10-21(31-18)24-25-23(26-32-24)17-5-9-20-22(12-17)30-14-29-20/h3-10,12,15H,11,13-14H2,1-2H3. The third kappa shape index (κ3) is 4.49. The van der Waals surface area contributed by atoms with Gasteiger partial charge in [0.1, 0.15) is 11.5 Å². The van der Waals surface area contributed by atoms with E-state index < -0.39 is 9.84 Å². The zero-order valence-electron chi connectivity index (χ0n) is 18.1. The highest BCUT2D eigenvalue weighted by atomic mass is 32.2. The molecular weight excluding hydrogens is 444 g/mol. The van der Waals surface area contributed by atoms with Crippen LogP contribution in [0.4, 0.5) is 0 Å². The Balaban J connectivity index is 1.31. The summed E-state index contributed by atoms with van der Waals surface area (Å²) in [6.07, 6.45) is 0.903. The van der Waals surface area contributed by atoms with Gasteiger partial charge in [-0.15, -0.1) is 0 Å². The summed E-state index contributed by atoms with van der Waals surface area (Å²) in [7, 11) is -3.56. The number of hydrogen-bond acceptors (Lipinski definition) is 8. The van der Waals surface area contributed by atoms with Crippen molar-refractivity contribution in [3.63, 3.8) is 0 Å². The maximum atomic E-state index is 12.8. The minimum absolute atomic E-state index is 0.157. The lowest BCUT2D eigenvalue weighted by Gasteiger charge is -2.07. The van der Waals surface area contributed by atoms with E-state index in [1.807, 2.05) is 12.1 Å². The van der Waals surface area contributed by atoms with Crippen LogP contribution in [0.15, 0.2) is 68.4 Å². The predicted octanol–water partition coefficient (Wildman–Crippen LogP) is 4.90. The Labute approximate surface area is 191 Å². The molecule has 0 fully saturated rings. The molecule has 33 heavy (non-hydrogen) atoms. The Morgan fingerprint density at radius 2 is 1.76 bits per heavy atom. The summed E-state index contributed by atoms with van der Waals surface area (Å²) >= 11 is 0. The van der Waals surface area contributed by atoms with E-state index in [1.165, 1.54) is 0 Å². The predicted molar refractivity (Wildman–Crippen MR) is 119 cm³/mol. The maximum Gasteiger partial charge on any atom is 0.293 e. The summed E-state index contributed by atoms with van der Waals surface area (Å²) in [5.74, 6) is 2.62. The van der Waals surface area contributed by atoms with Gasteiger partial charge in [-0.25, -0.2) is 8.42 Å². The lowest BCUT2D eigenvalue weighted by Crippen LogP contribution is -2.04. The minimum atomic E-state index is -3.56. The van der Waals surface area contributed by atoms with Gasteiger partial charge in [-0.1, -0.05) is 31.1 Å². The normalized spacial score (nSPS) is 13.1. The molecule has 0 saturated heterocycles. The highest BCUT2D eigenvalue weighted by Crippen LogP contribution is 2.35. The van der Waals surface area contributed by atoms with Gasteiger partial charge in [0.15, 0.2) is 27.1 Å². The monoisotopic (exact) mass is 466 g/mol. The van der Waals surface area contributed by atoms with Crippen LogP contribution < -0.4 is 9.47 Å². The quantitative estimate of drug-likeness (QED) is 0.379. The minimum Gasteiger partial charge on any atom is -0.455 e. The van der Waals surface area contributed by atoms with E-state index in [9.17, 15) is 8.42 Å². The van der Waals surface area contributed by atoms with Gasteiger partial charge in [-0.05, 0) is 60.4 Å². The van der Waals surface area contributed by atoms with Gasteiger partial charge in [-0.3, -0.25) is 0 Å². The number of furan rings is 1. The number of nitrogens with zero attached hydrogens (tertiary/aromatic N) is 2. The number of fused-ring (bicyclic) bond motifs is 1. The fourth-order valence-electron chi connectivity index (χ4n) is 3.62. The topological polar surface area (TPSA) is 105 Å². The van der Waals surface area contributed by atoms with Crippen molar-refractivity contribution in [2.45, 2.75) is 30.9 Å². The van der Waals surface area contributed by atoms with Gasteiger partial charge < -0.3 is 18.4 Å². The largest absolute Gasteiger partial charge is 0.455 e. The molecule has 0 atom stereocenters. The summed E-state index contributed by atoms with van der Waals surface area (Å²) in [6.45, 7) is 4.43. The van der Waals surface area contributed by atoms with E-state index in [1.54, 1.807) is 42.5 Å². The zero-order chi connectivity index (χ0) is 23.0. The first-order valence-electron chi connectivity index (χ1n) is 10.5. The first kappa shape index (κ1) is 21.3. The van der Waals surface area contributed by atoms with Crippen molar-refractivity contribution in [1.29, 1.82) is 0 Å². The summed E-state index contributed by atoms with van der Waals surface area (Å²) < 4.78 is 47.4. The van der Waals surface area contributed by atoms with E-state index in [0.29, 0.717) is 40.3 Å². The molecule has 0 amide bonds. The maximum absolute atomic E-state index is 12.8. The smallest absolute Gasteiger partial charge is 0.293 e. The molecule has 0 spiro atoms. The summed E-state index contributed by atoms with van der Waals surface area (Å²) in [4.78, 5) is 4.62. The molecule has 8 nitrogen and oxygen atoms in total. The summed E-state index contributed by atoms with van der Waals surface area (Å²) in [5, 5.41) is 3.99. The van der Waals surface area contributed by atoms with Crippen LogP contribution in [0.2, 0.25) is 0 Å². The van der Waals surface area contributed by atoms with E-state index in [0.717, 1.165) is 12.0 Å². The molecule has 0 radical (unpaired) electrons. The van der Waals surface area contributed by atoms with Crippen LogP contribution in [0.25, 0.3) is 23.0 Å². The molecule has 0 aliphatic carbocycles.